The molecule has 10 heteroatoms. The number of thiazole rings is 1. The zero-order chi connectivity index (χ0) is 18.7. The fraction of sp³-hybridized carbons (Fsp3) is 0.125. The van der Waals surface area contributed by atoms with Gasteiger partial charge in [-0.2, -0.15) is 0 Å². The highest BCUT2D eigenvalue weighted by Gasteiger charge is 2.31. The number of rotatable bonds is 5. The molecule has 0 bridgehead atoms. The average molecular weight is 394 g/mol. The first kappa shape index (κ1) is 18.0. The normalized spacial score (nSPS) is 16.6. The smallest absolute Gasteiger partial charge is 0.269 e. The third-order valence-corrected chi connectivity index (χ3v) is 4.73. The molecular weight excluding hydrogens is 381 g/mol. The molecule has 2 amide bonds. The van der Waals surface area contributed by atoms with Crippen LogP contribution in [0, 0.1) is 5.82 Å². The summed E-state index contributed by atoms with van der Waals surface area (Å²) in [6.07, 6.45) is 1.98. The summed E-state index contributed by atoms with van der Waals surface area (Å²) in [5.41, 5.74) is 5.58. The van der Waals surface area contributed by atoms with E-state index in [1.165, 1.54) is 23.5 Å². The molecule has 1 aliphatic rings. The Hall–Kier alpha value is -2.78. The van der Waals surface area contributed by atoms with Crippen LogP contribution in [0.15, 0.2) is 46.0 Å². The Balaban J connectivity index is 2.08. The molecule has 7 nitrogen and oxygen atoms in total. The molecule has 0 spiro atoms. The van der Waals surface area contributed by atoms with Gasteiger partial charge in [0.15, 0.2) is 10.8 Å². The van der Waals surface area contributed by atoms with E-state index in [0.29, 0.717) is 28.5 Å². The van der Waals surface area contributed by atoms with E-state index in [9.17, 15) is 14.0 Å². The lowest BCUT2D eigenvalue weighted by molar-refractivity contribution is -0.122. The minimum Gasteiger partial charge on any atom is -0.341 e. The Morgan fingerprint density at radius 2 is 2.27 bits per heavy atom. The number of amidine groups is 1. The van der Waals surface area contributed by atoms with Crippen molar-refractivity contribution in [3.8, 4) is 0 Å². The van der Waals surface area contributed by atoms with Gasteiger partial charge in [-0.05, 0) is 19.1 Å². The molecule has 0 radical (unpaired) electrons. The number of hydrogen-bond acceptors (Lipinski definition) is 6. The van der Waals surface area contributed by atoms with Crippen molar-refractivity contribution >= 4 is 41.1 Å². The summed E-state index contributed by atoms with van der Waals surface area (Å²) in [6, 6.07) is 3.09. The summed E-state index contributed by atoms with van der Waals surface area (Å²) in [5.74, 6) is -0.580. The molecule has 0 fully saturated rings. The second-order valence-corrected chi connectivity index (χ2v) is 6.57. The van der Waals surface area contributed by atoms with E-state index in [1.807, 2.05) is 0 Å². The van der Waals surface area contributed by atoms with Crippen molar-refractivity contribution in [2.45, 2.75) is 13.0 Å². The topological polar surface area (TPSA) is 95.5 Å². The summed E-state index contributed by atoms with van der Waals surface area (Å²) in [7, 11) is 0. The van der Waals surface area contributed by atoms with Crippen LogP contribution in [0.3, 0.4) is 0 Å². The highest BCUT2D eigenvalue weighted by atomic mass is 35.5. The van der Waals surface area contributed by atoms with Crippen molar-refractivity contribution in [2.24, 2.45) is 4.99 Å². The van der Waals surface area contributed by atoms with E-state index in [1.54, 1.807) is 18.5 Å². The molecule has 1 aromatic carbocycles. The van der Waals surface area contributed by atoms with Crippen LogP contribution >= 0.6 is 22.9 Å². The van der Waals surface area contributed by atoms with Gasteiger partial charge in [-0.3, -0.25) is 25.4 Å². The highest BCUT2D eigenvalue weighted by Crippen LogP contribution is 2.35. The summed E-state index contributed by atoms with van der Waals surface area (Å²) in [5, 5.41) is 5.62. The fourth-order valence-corrected chi connectivity index (χ4v) is 3.39. The van der Waals surface area contributed by atoms with Gasteiger partial charge in [-0.1, -0.05) is 17.7 Å². The van der Waals surface area contributed by atoms with E-state index in [0.717, 1.165) is 6.07 Å². The average Bonchev–Trinajstić information content (AvgIpc) is 3.13. The molecule has 3 rings (SSSR count). The zero-order valence-electron chi connectivity index (χ0n) is 13.4. The SMILES string of the molecule is CC1=C(C(=O)NNC=O)C(c2ccc(F)cc2Cl)N=C(c2nccs2)N1. The van der Waals surface area contributed by atoms with Crippen LogP contribution in [0.4, 0.5) is 4.39 Å². The van der Waals surface area contributed by atoms with Crippen LogP contribution in [-0.4, -0.2) is 23.1 Å². The number of hydrazine groups is 1. The Morgan fingerprint density at radius 3 is 2.92 bits per heavy atom. The Bertz CT molecular complexity index is 913. The van der Waals surface area contributed by atoms with Crippen molar-refractivity contribution in [1.82, 2.24) is 21.2 Å². The monoisotopic (exact) mass is 393 g/mol. The zero-order valence-corrected chi connectivity index (χ0v) is 15.0. The number of halogens is 2. The molecule has 0 saturated carbocycles. The van der Waals surface area contributed by atoms with E-state index >= 15 is 0 Å². The first-order valence-corrected chi connectivity index (χ1v) is 8.67. The van der Waals surface area contributed by atoms with Crippen molar-refractivity contribution in [2.75, 3.05) is 0 Å². The van der Waals surface area contributed by atoms with Crippen LogP contribution in [0.25, 0.3) is 0 Å². The maximum absolute atomic E-state index is 13.4. The minimum absolute atomic E-state index is 0.139. The largest absolute Gasteiger partial charge is 0.341 e. The van der Waals surface area contributed by atoms with E-state index in [4.69, 9.17) is 11.6 Å². The maximum Gasteiger partial charge on any atom is 0.269 e. The number of aromatic nitrogens is 1. The lowest BCUT2D eigenvalue weighted by Gasteiger charge is -2.26. The quantitative estimate of drug-likeness (QED) is 0.535. The number of nitrogens with zero attached hydrogens (tertiary/aromatic N) is 2. The lowest BCUT2D eigenvalue weighted by atomic mass is 9.95. The third-order valence-electron chi connectivity index (χ3n) is 3.62. The molecule has 1 atom stereocenters. The van der Waals surface area contributed by atoms with Gasteiger partial charge in [-0.25, -0.2) is 9.37 Å². The molecule has 0 aliphatic carbocycles. The number of benzene rings is 1. The van der Waals surface area contributed by atoms with Gasteiger partial charge in [-0.15, -0.1) is 11.3 Å². The molecule has 1 aromatic heterocycles. The van der Waals surface area contributed by atoms with Gasteiger partial charge in [0, 0.05) is 27.9 Å². The number of amides is 2. The number of allylic oxidation sites excluding steroid dienone is 1. The first-order chi connectivity index (χ1) is 12.5. The molecule has 2 heterocycles. The van der Waals surface area contributed by atoms with E-state index < -0.39 is 17.8 Å². The predicted molar refractivity (Wildman–Crippen MR) is 96.0 cm³/mol. The lowest BCUT2D eigenvalue weighted by Crippen LogP contribution is -2.41. The Labute approximate surface area is 157 Å². The molecule has 26 heavy (non-hydrogen) atoms. The van der Waals surface area contributed by atoms with Crippen LogP contribution in [0.5, 0.6) is 0 Å². The summed E-state index contributed by atoms with van der Waals surface area (Å²) >= 11 is 7.57. The Morgan fingerprint density at radius 1 is 1.46 bits per heavy atom. The summed E-state index contributed by atoms with van der Waals surface area (Å²) < 4.78 is 13.4. The molecule has 134 valence electrons. The molecule has 0 saturated heterocycles. The summed E-state index contributed by atoms with van der Waals surface area (Å²) in [4.78, 5) is 31.7. The second-order valence-electron chi connectivity index (χ2n) is 5.26. The van der Waals surface area contributed by atoms with Gasteiger partial charge in [0.25, 0.3) is 5.91 Å². The fourth-order valence-electron chi connectivity index (χ4n) is 2.53. The van der Waals surface area contributed by atoms with Crippen molar-refractivity contribution in [3.05, 3.63) is 62.5 Å². The number of aliphatic imine (C=N–C) groups is 1. The van der Waals surface area contributed by atoms with Crippen LogP contribution < -0.4 is 16.2 Å². The van der Waals surface area contributed by atoms with Gasteiger partial charge in [0.1, 0.15) is 11.9 Å². The standard InChI is InChI=1S/C16H13ClFN5O2S/c1-8-12(15(25)23-20-7-24)13(10-3-2-9(18)6-11(10)17)22-14(21-8)16-19-4-5-26-16/h2-7,13H,1H3,(H,20,24)(H,21,22)(H,23,25). The number of nitrogens with one attached hydrogen (secondary N) is 3. The second kappa shape index (κ2) is 7.63. The maximum atomic E-state index is 13.4. The molecular formula is C16H13ClFN5O2S. The van der Waals surface area contributed by atoms with Gasteiger partial charge in [0.2, 0.25) is 6.41 Å². The Kier molecular flexibility index (Phi) is 5.29. The van der Waals surface area contributed by atoms with Crippen LogP contribution in [0.2, 0.25) is 5.02 Å². The number of carbonyl (C=O) groups is 2. The van der Waals surface area contributed by atoms with Crippen molar-refractivity contribution in [3.63, 3.8) is 0 Å². The number of hydrogen-bond donors (Lipinski definition) is 3. The van der Waals surface area contributed by atoms with E-state index in [-0.39, 0.29) is 10.6 Å². The molecule has 3 N–H and O–H groups in total. The van der Waals surface area contributed by atoms with Gasteiger partial charge in [0.05, 0.1) is 5.57 Å². The van der Waals surface area contributed by atoms with E-state index in [2.05, 4.69) is 26.1 Å². The molecule has 2 aromatic rings. The molecule has 1 aliphatic heterocycles. The van der Waals surface area contributed by atoms with Crippen molar-refractivity contribution in [1.29, 1.82) is 0 Å². The first-order valence-electron chi connectivity index (χ1n) is 7.41. The van der Waals surface area contributed by atoms with Crippen LogP contribution in [0.1, 0.15) is 23.5 Å². The number of carbonyl (C=O) groups excluding carboxylic acids is 2. The van der Waals surface area contributed by atoms with Crippen molar-refractivity contribution < 1.29 is 14.0 Å². The molecule has 1 unspecified atom stereocenters. The van der Waals surface area contributed by atoms with Gasteiger partial charge >= 0.3 is 0 Å². The van der Waals surface area contributed by atoms with Gasteiger partial charge < -0.3 is 5.32 Å². The highest BCUT2D eigenvalue weighted by molar-refractivity contribution is 7.11. The van der Waals surface area contributed by atoms with Crippen LogP contribution in [-0.2, 0) is 9.59 Å². The minimum atomic E-state index is -0.795. The predicted octanol–water partition coefficient (Wildman–Crippen LogP) is 2.08. The summed E-state index contributed by atoms with van der Waals surface area (Å²) in [6.45, 7) is 1.70. The third kappa shape index (κ3) is 3.58.